The Hall–Kier alpha value is -1.61. The molecule has 0 N–H and O–H groups in total. The number of aryl methyl sites for hydroxylation is 2. The van der Waals surface area contributed by atoms with Gasteiger partial charge in [0.2, 0.25) is 5.16 Å². The highest BCUT2D eigenvalue weighted by Gasteiger charge is 2.26. The molecule has 0 bridgehead atoms. The van der Waals surface area contributed by atoms with E-state index in [1.165, 1.54) is 0 Å². The Labute approximate surface area is 116 Å². The van der Waals surface area contributed by atoms with Crippen LogP contribution in [-0.4, -0.2) is 24.8 Å². The predicted octanol–water partition coefficient (Wildman–Crippen LogP) is 2.53. The first-order valence-electron chi connectivity index (χ1n) is 6.43. The highest BCUT2D eigenvalue weighted by atomic mass is 32.2. The minimum Gasteiger partial charge on any atom is -0.216 e. The Morgan fingerprint density at radius 3 is 2.95 bits per heavy atom. The van der Waals surface area contributed by atoms with E-state index in [0.717, 1.165) is 35.8 Å². The summed E-state index contributed by atoms with van der Waals surface area (Å²) in [5, 5.41) is 14.6. The molecule has 6 heteroatoms. The Morgan fingerprint density at radius 1 is 1.37 bits per heavy atom. The second kappa shape index (κ2) is 4.82. The second-order valence-corrected chi connectivity index (χ2v) is 6.29. The highest BCUT2D eigenvalue weighted by molar-refractivity contribution is 7.99. The summed E-state index contributed by atoms with van der Waals surface area (Å²) in [7, 11) is 0. The molecule has 1 aliphatic carbocycles. The Balaban J connectivity index is 1.83. The molecule has 0 radical (unpaired) electrons. The molecule has 2 aromatic heterocycles. The number of nitriles is 1. The second-order valence-electron chi connectivity index (χ2n) is 5.02. The van der Waals surface area contributed by atoms with Crippen molar-refractivity contribution < 1.29 is 0 Å². The van der Waals surface area contributed by atoms with Crippen molar-refractivity contribution in [2.45, 2.75) is 43.5 Å². The van der Waals surface area contributed by atoms with Crippen LogP contribution < -0.4 is 0 Å². The number of rotatable bonds is 2. The van der Waals surface area contributed by atoms with Crippen molar-refractivity contribution in [1.29, 1.82) is 5.26 Å². The van der Waals surface area contributed by atoms with Crippen LogP contribution in [0.25, 0.3) is 5.78 Å². The molecule has 2 aromatic rings. The topological polar surface area (TPSA) is 66.9 Å². The zero-order chi connectivity index (χ0) is 13.4. The molecule has 1 aliphatic rings. The maximum atomic E-state index is 8.93. The third-order valence-corrected chi connectivity index (χ3v) is 4.58. The number of thioether (sulfide) groups is 1. The van der Waals surface area contributed by atoms with Crippen molar-refractivity contribution in [1.82, 2.24) is 19.6 Å². The third-order valence-electron chi connectivity index (χ3n) is 3.44. The molecule has 0 saturated heterocycles. The molecule has 0 aliphatic heterocycles. The van der Waals surface area contributed by atoms with Crippen LogP contribution in [0.5, 0.6) is 0 Å². The Kier molecular flexibility index (Phi) is 3.15. The maximum absolute atomic E-state index is 8.93. The lowest BCUT2D eigenvalue weighted by Gasteiger charge is -2.03. The lowest BCUT2D eigenvalue weighted by atomic mass is 10.1. The van der Waals surface area contributed by atoms with Gasteiger partial charge in [0.15, 0.2) is 0 Å². The van der Waals surface area contributed by atoms with Crippen molar-refractivity contribution >= 4 is 17.5 Å². The molecular formula is C13H15N5S. The van der Waals surface area contributed by atoms with Gasteiger partial charge >= 0.3 is 0 Å². The molecule has 1 fully saturated rings. The van der Waals surface area contributed by atoms with Gasteiger partial charge in [-0.3, -0.25) is 0 Å². The highest BCUT2D eigenvalue weighted by Crippen LogP contribution is 2.36. The SMILES string of the molecule is Cc1cc(C)n2nc(SC3CCC(C#N)C3)nc2n1. The first kappa shape index (κ1) is 12.4. The van der Waals surface area contributed by atoms with Crippen molar-refractivity contribution in [2.24, 2.45) is 5.92 Å². The summed E-state index contributed by atoms with van der Waals surface area (Å²) in [6.45, 7) is 3.97. The van der Waals surface area contributed by atoms with E-state index in [2.05, 4.69) is 21.1 Å². The van der Waals surface area contributed by atoms with Gasteiger partial charge in [-0.25, -0.2) is 9.50 Å². The lowest BCUT2D eigenvalue weighted by molar-refractivity contribution is 0.702. The summed E-state index contributed by atoms with van der Waals surface area (Å²) in [5.74, 6) is 0.867. The molecule has 1 saturated carbocycles. The number of hydrogen-bond acceptors (Lipinski definition) is 5. The zero-order valence-electron chi connectivity index (χ0n) is 11.0. The maximum Gasteiger partial charge on any atom is 0.253 e. The molecule has 0 spiro atoms. The molecule has 0 amide bonds. The van der Waals surface area contributed by atoms with Crippen molar-refractivity contribution in [2.75, 3.05) is 0 Å². The Morgan fingerprint density at radius 2 is 2.21 bits per heavy atom. The van der Waals surface area contributed by atoms with E-state index in [4.69, 9.17) is 5.26 Å². The zero-order valence-corrected chi connectivity index (χ0v) is 11.8. The molecule has 2 unspecified atom stereocenters. The molecule has 3 rings (SSSR count). The fraction of sp³-hybridized carbons (Fsp3) is 0.538. The summed E-state index contributed by atoms with van der Waals surface area (Å²) in [5.41, 5.74) is 2.00. The Bertz CT molecular complexity index is 657. The van der Waals surface area contributed by atoms with Crippen molar-refractivity contribution in [3.05, 3.63) is 17.5 Å². The standard InChI is InChI=1S/C13H15N5S/c1-8-5-9(2)18-12(15-8)16-13(17-18)19-11-4-3-10(6-11)7-14/h5,10-11H,3-4,6H2,1-2H3. The van der Waals surface area contributed by atoms with Crippen molar-refractivity contribution in [3.63, 3.8) is 0 Å². The van der Waals surface area contributed by atoms with Crippen LogP contribution in [0.1, 0.15) is 30.7 Å². The van der Waals surface area contributed by atoms with Gasteiger partial charge in [0, 0.05) is 22.6 Å². The number of fused-ring (bicyclic) bond motifs is 1. The van der Waals surface area contributed by atoms with Gasteiger partial charge < -0.3 is 0 Å². The van der Waals surface area contributed by atoms with Crippen LogP contribution >= 0.6 is 11.8 Å². The first-order chi connectivity index (χ1) is 9.15. The van der Waals surface area contributed by atoms with Crippen LogP contribution in [-0.2, 0) is 0 Å². The van der Waals surface area contributed by atoms with Gasteiger partial charge in [0.25, 0.3) is 5.78 Å². The molecule has 98 valence electrons. The van der Waals surface area contributed by atoms with Crippen LogP contribution in [0, 0.1) is 31.1 Å². The normalized spacial score (nSPS) is 22.8. The van der Waals surface area contributed by atoms with E-state index >= 15 is 0 Å². The largest absolute Gasteiger partial charge is 0.253 e. The molecular weight excluding hydrogens is 258 g/mol. The lowest BCUT2D eigenvalue weighted by Crippen LogP contribution is -1.98. The van der Waals surface area contributed by atoms with Gasteiger partial charge in [-0.2, -0.15) is 10.2 Å². The van der Waals surface area contributed by atoms with Gasteiger partial charge in [-0.05, 0) is 39.2 Å². The van der Waals surface area contributed by atoms with Crippen LogP contribution in [0.15, 0.2) is 11.2 Å². The summed E-state index contributed by atoms with van der Waals surface area (Å²) in [6, 6.07) is 4.35. The van der Waals surface area contributed by atoms with Crippen LogP contribution in [0.4, 0.5) is 0 Å². The molecule has 5 nitrogen and oxygen atoms in total. The molecule has 2 heterocycles. The summed E-state index contributed by atoms with van der Waals surface area (Å²) < 4.78 is 1.78. The van der Waals surface area contributed by atoms with E-state index in [0.29, 0.717) is 11.0 Å². The average molecular weight is 273 g/mol. The minimum absolute atomic E-state index is 0.205. The predicted molar refractivity (Wildman–Crippen MR) is 72.9 cm³/mol. The van der Waals surface area contributed by atoms with Crippen molar-refractivity contribution in [3.8, 4) is 6.07 Å². The van der Waals surface area contributed by atoms with Crippen LogP contribution in [0.3, 0.4) is 0 Å². The first-order valence-corrected chi connectivity index (χ1v) is 7.31. The van der Waals surface area contributed by atoms with E-state index in [9.17, 15) is 0 Å². The monoisotopic (exact) mass is 273 g/mol. The van der Waals surface area contributed by atoms with Crippen LogP contribution in [0.2, 0.25) is 0 Å². The van der Waals surface area contributed by atoms with E-state index < -0.39 is 0 Å². The van der Waals surface area contributed by atoms with Gasteiger partial charge in [-0.15, -0.1) is 5.10 Å². The summed E-state index contributed by atoms with van der Waals surface area (Å²) in [4.78, 5) is 8.86. The number of aromatic nitrogens is 4. The van der Waals surface area contributed by atoms with Gasteiger partial charge in [0.05, 0.1) is 6.07 Å². The smallest absolute Gasteiger partial charge is 0.216 e. The van der Waals surface area contributed by atoms with E-state index in [1.807, 2.05) is 19.9 Å². The average Bonchev–Trinajstić information content (AvgIpc) is 2.96. The minimum atomic E-state index is 0.205. The fourth-order valence-corrected chi connectivity index (χ4v) is 3.66. The molecule has 2 atom stereocenters. The number of nitrogens with zero attached hydrogens (tertiary/aromatic N) is 5. The van der Waals surface area contributed by atoms with E-state index in [1.54, 1.807) is 16.3 Å². The van der Waals surface area contributed by atoms with E-state index in [-0.39, 0.29) is 5.92 Å². The third kappa shape index (κ3) is 2.43. The van der Waals surface area contributed by atoms with Gasteiger partial charge in [-0.1, -0.05) is 11.8 Å². The summed E-state index contributed by atoms with van der Waals surface area (Å²) in [6.07, 6.45) is 3.02. The number of hydrogen-bond donors (Lipinski definition) is 0. The summed E-state index contributed by atoms with van der Waals surface area (Å²) >= 11 is 1.68. The fourth-order valence-electron chi connectivity index (χ4n) is 2.51. The van der Waals surface area contributed by atoms with Gasteiger partial charge in [0.1, 0.15) is 0 Å². The molecule has 0 aromatic carbocycles. The quantitative estimate of drug-likeness (QED) is 0.841. The molecule has 19 heavy (non-hydrogen) atoms.